The lowest BCUT2D eigenvalue weighted by molar-refractivity contribution is -0.136. The number of methoxy groups -OCH3 is 1. The van der Waals surface area contributed by atoms with Crippen LogP contribution in [0.4, 0.5) is 10.5 Å². The second kappa shape index (κ2) is 7.91. The fraction of sp³-hybridized carbons (Fsp3) is 0.524. The van der Waals surface area contributed by atoms with Gasteiger partial charge in [0.25, 0.3) is 5.91 Å². The molecule has 0 aromatic heterocycles. The van der Waals surface area contributed by atoms with Crippen molar-refractivity contribution in [3.63, 3.8) is 0 Å². The van der Waals surface area contributed by atoms with Gasteiger partial charge in [0.1, 0.15) is 12.1 Å². The van der Waals surface area contributed by atoms with Gasteiger partial charge in [-0.15, -0.1) is 0 Å². The van der Waals surface area contributed by atoms with E-state index >= 15 is 0 Å². The van der Waals surface area contributed by atoms with Gasteiger partial charge < -0.3 is 15.4 Å². The summed E-state index contributed by atoms with van der Waals surface area (Å²) in [6.45, 7) is 5.78. The van der Waals surface area contributed by atoms with E-state index in [1.54, 1.807) is 0 Å². The largest absolute Gasteiger partial charge is 0.465 e. The standard InChI is InChI=1S/C21H26ClN3O5/c1-12-8-20(2,3)11-21(9-12)18(28)25(19(29)24-21)10-16(26)23-15-7-13(17(27)30-4)5-6-14(15)22/h5-7,12H,8-11H2,1-4H3,(H,23,26)(H,24,29). The minimum absolute atomic E-state index is 0.0965. The molecule has 1 saturated heterocycles. The van der Waals surface area contributed by atoms with Gasteiger partial charge >= 0.3 is 12.0 Å². The first-order chi connectivity index (χ1) is 14.0. The molecule has 0 radical (unpaired) electrons. The fourth-order valence-corrected chi connectivity index (χ4v) is 5.01. The van der Waals surface area contributed by atoms with Crippen molar-refractivity contribution in [2.75, 3.05) is 19.0 Å². The molecule has 2 unspecified atom stereocenters. The molecule has 1 aromatic carbocycles. The number of carbonyl (C=O) groups excluding carboxylic acids is 4. The van der Waals surface area contributed by atoms with Gasteiger partial charge in [-0.25, -0.2) is 9.59 Å². The summed E-state index contributed by atoms with van der Waals surface area (Å²) in [5, 5.41) is 5.61. The number of benzene rings is 1. The van der Waals surface area contributed by atoms with Gasteiger partial charge in [0, 0.05) is 0 Å². The quantitative estimate of drug-likeness (QED) is 0.558. The molecule has 2 N–H and O–H groups in total. The smallest absolute Gasteiger partial charge is 0.337 e. The maximum atomic E-state index is 13.1. The molecule has 3 rings (SSSR count). The zero-order valence-corrected chi connectivity index (χ0v) is 18.3. The van der Waals surface area contributed by atoms with Crippen LogP contribution in [0.15, 0.2) is 18.2 Å². The first-order valence-corrected chi connectivity index (χ1v) is 10.2. The molecule has 1 heterocycles. The van der Waals surface area contributed by atoms with E-state index in [1.165, 1.54) is 25.3 Å². The summed E-state index contributed by atoms with van der Waals surface area (Å²) in [6.07, 6.45) is 2.04. The van der Waals surface area contributed by atoms with Crippen LogP contribution in [-0.4, -0.2) is 47.9 Å². The molecule has 1 aliphatic heterocycles. The summed E-state index contributed by atoms with van der Waals surface area (Å²) < 4.78 is 4.66. The molecule has 2 atom stereocenters. The second-order valence-corrected chi connectivity index (χ2v) is 9.40. The van der Waals surface area contributed by atoms with Gasteiger partial charge in [0.15, 0.2) is 0 Å². The lowest BCUT2D eigenvalue weighted by Crippen LogP contribution is -2.54. The first-order valence-electron chi connectivity index (χ1n) is 9.78. The Bertz CT molecular complexity index is 916. The number of nitrogens with zero attached hydrogens (tertiary/aromatic N) is 1. The number of anilines is 1. The monoisotopic (exact) mass is 435 g/mol. The molecule has 2 fully saturated rings. The van der Waals surface area contributed by atoms with E-state index in [0.29, 0.717) is 12.8 Å². The number of halogens is 1. The highest BCUT2D eigenvalue weighted by atomic mass is 35.5. The highest BCUT2D eigenvalue weighted by molar-refractivity contribution is 6.34. The normalized spacial score (nSPS) is 25.2. The number of rotatable bonds is 4. The minimum Gasteiger partial charge on any atom is -0.465 e. The molecule has 4 amide bonds. The van der Waals surface area contributed by atoms with E-state index in [2.05, 4.69) is 36.1 Å². The summed E-state index contributed by atoms with van der Waals surface area (Å²) in [5.41, 5.74) is -0.662. The van der Waals surface area contributed by atoms with Gasteiger partial charge in [-0.1, -0.05) is 32.4 Å². The number of amides is 4. The topological polar surface area (TPSA) is 105 Å². The van der Waals surface area contributed by atoms with Crippen LogP contribution in [0.3, 0.4) is 0 Å². The summed E-state index contributed by atoms with van der Waals surface area (Å²) in [7, 11) is 1.25. The van der Waals surface area contributed by atoms with Crippen LogP contribution < -0.4 is 10.6 Å². The zero-order chi connectivity index (χ0) is 22.3. The van der Waals surface area contributed by atoms with Crippen molar-refractivity contribution >= 4 is 41.1 Å². The molecule has 1 aliphatic carbocycles. The molecule has 0 bridgehead atoms. The van der Waals surface area contributed by atoms with Crippen molar-refractivity contribution in [2.45, 2.75) is 45.6 Å². The van der Waals surface area contributed by atoms with Gasteiger partial charge in [-0.2, -0.15) is 0 Å². The number of nitrogens with one attached hydrogen (secondary N) is 2. The third kappa shape index (κ3) is 4.28. The summed E-state index contributed by atoms with van der Waals surface area (Å²) in [6, 6.07) is 3.73. The molecule has 1 spiro atoms. The SMILES string of the molecule is COC(=O)c1ccc(Cl)c(NC(=O)CN2C(=O)NC3(CC(C)CC(C)(C)C3)C2=O)c1. The van der Waals surface area contributed by atoms with E-state index in [1.807, 2.05) is 0 Å². The Balaban J connectivity index is 1.74. The Hall–Kier alpha value is -2.61. The van der Waals surface area contributed by atoms with Crippen LogP contribution in [-0.2, 0) is 14.3 Å². The maximum absolute atomic E-state index is 13.1. The van der Waals surface area contributed by atoms with Gasteiger partial charge in [0.05, 0.1) is 23.4 Å². The molecule has 8 nitrogen and oxygen atoms in total. The van der Waals surface area contributed by atoms with Crippen molar-refractivity contribution in [2.24, 2.45) is 11.3 Å². The van der Waals surface area contributed by atoms with Crippen LogP contribution in [0.2, 0.25) is 5.02 Å². The molecule has 9 heteroatoms. The highest BCUT2D eigenvalue weighted by Gasteiger charge is 2.56. The number of ether oxygens (including phenoxy) is 1. The molecular formula is C21H26ClN3O5. The van der Waals surface area contributed by atoms with E-state index < -0.39 is 30.0 Å². The Morgan fingerprint density at radius 2 is 2.00 bits per heavy atom. The van der Waals surface area contributed by atoms with Crippen molar-refractivity contribution < 1.29 is 23.9 Å². The Morgan fingerprint density at radius 1 is 1.30 bits per heavy atom. The third-order valence-electron chi connectivity index (χ3n) is 5.59. The lowest BCUT2D eigenvalue weighted by atomic mass is 9.64. The maximum Gasteiger partial charge on any atom is 0.337 e. The Morgan fingerprint density at radius 3 is 2.63 bits per heavy atom. The lowest BCUT2D eigenvalue weighted by Gasteiger charge is -2.43. The highest BCUT2D eigenvalue weighted by Crippen LogP contribution is 2.46. The molecule has 1 saturated carbocycles. The number of esters is 1. The zero-order valence-electron chi connectivity index (χ0n) is 17.5. The predicted octanol–water partition coefficient (Wildman–Crippen LogP) is 3.20. The number of imide groups is 1. The summed E-state index contributed by atoms with van der Waals surface area (Å²) in [4.78, 5) is 50.9. The van der Waals surface area contributed by atoms with Crippen molar-refractivity contribution in [3.8, 4) is 0 Å². The number of hydrogen-bond donors (Lipinski definition) is 2. The van der Waals surface area contributed by atoms with Gasteiger partial charge in [-0.3, -0.25) is 14.5 Å². The van der Waals surface area contributed by atoms with Crippen molar-refractivity contribution in [3.05, 3.63) is 28.8 Å². The van der Waals surface area contributed by atoms with Gasteiger partial charge in [0.2, 0.25) is 5.91 Å². The van der Waals surface area contributed by atoms with Crippen LogP contribution >= 0.6 is 11.6 Å². The van der Waals surface area contributed by atoms with E-state index in [-0.39, 0.29) is 33.5 Å². The van der Waals surface area contributed by atoms with E-state index in [0.717, 1.165) is 11.3 Å². The number of hydrogen-bond acceptors (Lipinski definition) is 5. The molecular weight excluding hydrogens is 410 g/mol. The van der Waals surface area contributed by atoms with Crippen LogP contribution in [0.5, 0.6) is 0 Å². The van der Waals surface area contributed by atoms with Crippen molar-refractivity contribution in [1.29, 1.82) is 0 Å². The van der Waals surface area contributed by atoms with E-state index in [9.17, 15) is 19.2 Å². The Labute approximate surface area is 180 Å². The van der Waals surface area contributed by atoms with Crippen LogP contribution in [0.1, 0.15) is 50.4 Å². The average molecular weight is 436 g/mol. The fourth-order valence-electron chi connectivity index (χ4n) is 4.85. The van der Waals surface area contributed by atoms with Crippen LogP contribution in [0, 0.1) is 11.3 Å². The second-order valence-electron chi connectivity index (χ2n) is 8.99. The molecule has 162 valence electrons. The number of carbonyl (C=O) groups is 4. The minimum atomic E-state index is -0.971. The van der Waals surface area contributed by atoms with Crippen molar-refractivity contribution in [1.82, 2.24) is 10.2 Å². The first kappa shape index (κ1) is 22.1. The average Bonchev–Trinajstić information content (AvgIpc) is 2.84. The Kier molecular flexibility index (Phi) is 5.82. The third-order valence-corrected chi connectivity index (χ3v) is 5.92. The number of urea groups is 1. The van der Waals surface area contributed by atoms with Gasteiger partial charge in [-0.05, 0) is 48.8 Å². The summed E-state index contributed by atoms with van der Waals surface area (Å²) in [5.74, 6) is -1.28. The molecule has 1 aromatic rings. The molecule has 30 heavy (non-hydrogen) atoms. The van der Waals surface area contributed by atoms with Crippen LogP contribution in [0.25, 0.3) is 0 Å². The summed E-state index contributed by atoms with van der Waals surface area (Å²) >= 11 is 6.10. The predicted molar refractivity (Wildman–Crippen MR) is 111 cm³/mol. The molecule has 2 aliphatic rings. The van der Waals surface area contributed by atoms with E-state index in [4.69, 9.17) is 11.6 Å².